The first-order chi connectivity index (χ1) is 10.2. The number of carbonyl (C=O) groups excluding carboxylic acids is 1. The van der Waals surface area contributed by atoms with Crippen molar-refractivity contribution in [1.29, 1.82) is 0 Å². The predicted molar refractivity (Wildman–Crippen MR) is 90.5 cm³/mol. The van der Waals surface area contributed by atoms with Gasteiger partial charge in [-0.1, -0.05) is 44.2 Å². The Morgan fingerprint density at radius 2 is 1.81 bits per heavy atom. The minimum atomic E-state index is 0.152. The molecule has 0 radical (unpaired) electrons. The molecule has 0 aliphatic rings. The topological polar surface area (TPSA) is 17.1 Å². The number of hydrogen-bond acceptors (Lipinski definition) is 2. The van der Waals surface area contributed by atoms with Gasteiger partial charge in [-0.05, 0) is 36.1 Å². The average Bonchev–Trinajstić information content (AvgIpc) is 2.97. The van der Waals surface area contributed by atoms with E-state index in [0.717, 1.165) is 34.9 Å². The zero-order chi connectivity index (χ0) is 14.8. The molecule has 0 spiro atoms. The summed E-state index contributed by atoms with van der Waals surface area (Å²) in [4.78, 5) is 13.0. The second-order valence-corrected chi connectivity index (χ2v) is 6.08. The Hall–Kier alpha value is -1.93. The summed E-state index contributed by atoms with van der Waals surface area (Å²) in [5.41, 5.74) is 4.04. The van der Waals surface area contributed by atoms with Gasteiger partial charge in [-0.25, -0.2) is 0 Å². The molecular weight excluding hydrogens is 276 g/mol. The number of thiophene rings is 1. The largest absolute Gasteiger partial charge is 0.289 e. The van der Waals surface area contributed by atoms with Gasteiger partial charge in [0.15, 0.2) is 5.78 Å². The van der Waals surface area contributed by atoms with E-state index < -0.39 is 0 Å². The molecule has 0 bridgehead atoms. The van der Waals surface area contributed by atoms with Gasteiger partial charge in [-0.3, -0.25) is 4.79 Å². The van der Waals surface area contributed by atoms with Gasteiger partial charge in [-0.2, -0.15) is 0 Å². The van der Waals surface area contributed by atoms with Crippen molar-refractivity contribution in [3.63, 3.8) is 0 Å². The molecule has 1 aromatic heterocycles. The first-order valence-electron chi connectivity index (χ1n) is 7.37. The smallest absolute Gasteiger partial charge is 0.194 e. The fourth-order valence-electron chi connectivity index (χ4n) is 2.66. The molecule has 0 fully saturated rings. The lowest BCUT2D eigenvalue weighted by Crippen LogP contribution is -2.05. The Labute approximate surface area is 129 Å². The summed E-state index contributed by atoms with van der Waals surface area (Å²) in [5, 5.41) is 3.06. The molecule has 0 atom stereocenters. The minimum absolute atomic E-state index is 0.152. The zero-order valence-electron chi connectivity index (χ0n) is 12.3. The minimum Gasteiger partial charge on any atom is -0.289 e. The summed E-state index contributed by atoms with van der Waals surface area (Å²) in [6.07, 6.45) is 1.84. The third-order valence-corrected chi connectivity index (χ3v) is 4.90. The molecule has 0 unspecified atom stereocenters. The molecule has 2 heteroatoms. The normalized spacial score (nSPS) is 11.0. The Morgan fingerprint density at radius 3 is 2.57 bits per heavy atom. The van der Waals surface area contributed by atoms with Crippen molar-refractivity contribution in [1.82, 2.24) is 0 Å². The van der Waals surface area contributed by atoms with E-state index >= 15 is 0 Å². The van der Waals surface area contributed by atoms with E-state index in [1.165, 1.54) is 10.3 Å². The van der Waals surface area contributed by atoms with Crippen LogP contribution in [0.2, 0.25) is 0 Å². The van der Waals surface area contributed by atoms with Crippen molar-refractivity contribution in [3.05, 3.63) is 70.1 Å². The maximum absolute atomic E-state index is 13.0. The highest BCUT2D eigenvalue weighted by Gasteiger charge is 2.17. The lowest BCUT2D eigenvalue weighted by atomic mass is 9.94. The number of rotatable bonds is 4. The molecule has 0 saturated heterocycles. The number of benzene rings is 2. The van der Waals surface area contributed by atoms with Crippen molar-refractivity contribution < 1.29 is 4.79 Å². The van der Waals surface area contributed by atoms with Crippen LogP contribution in [0, 0.1) is 0 Å². The van der Waals surface area contributed by atoms with Crippen LogP contribution in [0.15, 0.2) is 47.8 Å². The van der Waals surface area contributed by atoms with E-state index in [0.29, 0.717) is 0 Å². The van der Waals surface area contributed by atoms with Crippen LogP contribution in [0.4, 0.5) is 0 Å². The van der Waals surface area contributed by atoms with Crippen LogP contribution in [-0.2, 0) is 12.8 Å². The lowest BCUT2D eigenvalue weighted by Gasteiger charge is -2.09. The lowest BCUT2D eigenvalue weighted by molar-refractivity contribution is 0.103. The van der Waals surface area contributed by atoms with Gasteiger partial charge >= 0.3 is 0 Å². The number of hydrogen-bond donors (Lipinski definition) is 0. The van der Waals surface area contributed by atoms with Crippen LogP contribution >= 0.6 is 11.3 Å². The molecule has 1 heterocycles. The maximum atomic E-state index is 13.0. The zero-order valence-corrected chi connectivity index (χ0v) is 13.2. The molecule has 0 amide bonds. The summed E-state index contributed by atoms with van der Waals surface area (Å²) >= 11 is 1.64. The Bertz CT molecular complexity index is 798. The molecule has 0 aliphatic carbocycles. The van der Waals surface area contributed by atoms with Gasteiger partial charge in [-0.15, -0.1) is 11.3 Å². The first kappa shape index (κ1) is 14.0. The highest BCUT2D eigenvalue weighted by Crippen LogP contribution is 2.28. The summed E-state index contributed by atoms with van der Waals surface area (Å²) in [6.45, 7) is 4.22. The van der Waals surface area contributed by atoms with Gasteiger partial charge in [0.1, 0.15) is 0 Å². The number of fused-ring (bicyclic) bond motifs is 1. The highest BCUT2D eigenvalue weighted by atomic mass is 32.1. The molecule has 1 nitrogen and oxygen atoms in total. The summed E-state index contributed by atoms with van der Waals surface area (Å²) in [7, 11) is 0. The first-order valence-corrected chi connectivity index (χ1v) is 8.25. The second-order valence-electron chi connectivity index (χ2n) is 5.17. The predicted octanol–water partition coefficient (Wildman–Crippen LogP) is 5.26. The van der Waals surface area contributed by atoms with E-state index in [2.05, 4.69) is 38.1 Å². The second kappa shape index (κ2) is 5.82. The average molecular weight is 294 g/mol. The highest BCUT2D eigenvalue weighted by molar-refractivity contribution is 7.17. The van der Waals surface area contributed by atoms with Gasteiger partial charge in [0.25, 0.3) is 0 Å². The van der Waals surface area contributed by atoms with Crippen molar-refractivity contribution in [2.75, 3.05) is 0 Å². The summed E-state index contributed by atoms with van der Waals surface area (Å²) in [6, 6.07) is 14.4. The molecule has 106 valence electrons. The maximum Gasteiger partial charge on any atom is 0.194 e. The fraction of sp³-hybridized carbons (Fsp3) is 0.211. The van der Waals surface area contributed by atoms with Crippen molar-refractivity contribution in [2.24, 2.45) is 0 Å². The fourth-order valence-corrected chi connectivity index (χ4v) is 3.60. The van der Waals surface area contributed by atoms with E-state index in [1.807, 2.05) is 23.6 Å². The number of aryl methyl sites for hydroxylation is 2. The van der Waals surface area contributed by atoms with E-state index in [9.17, 15) is 4.79 Å². The van der Waals surface area contributed by atoms with Crippen LogP contribution in [-0.4, -0.2) is 5.78 Å². The Balaban J connectivity index is 2.13. The van der Waals surface area contributed by atoms with Crippen LogP contribution < -0.4 is 0 Å². The molecule has 3 rings (SSSR count). The standard InChI is InChI=1S/C19H18OS/c1-3-13-9-10-14(4-2)16(11-13)19(20)17-12-21-18-8-6-5-7-15(17)18/h5-12H,3-4H2,1-2H3. The number of ketones is 1. The Morgan fingerprint density at radius 1 is 1.00 bits per heavy atom. The summed E-state index contributed by atoms with van der Waals surface area (Å²) in [5.74, 6) is 0.152. The van der Waals surface area contributed by atoms with Crippen LogP contribution in [0.3, 0.4) is 0 Å². The van der Waals surface area contributed by atoms with Crippen molar-refractivity contribution >= 4 is 27.2 Å². The molecule has 0 saturated carbocycles. The number of carbonyl (C=O) groups is 1. The molecule has 21 heavy (non-hydrogen) atoms. The van der Waals surface area contributed by atoms with E-state index in [1.54, 1.807) is 11.3 Å². The van der Waals surface area contributed by atoms with Crippen LogP contribution in [0.1, 0.15) is 40.9 Å². The molecule has 2 aromatic carbocycles. The molecule has 0 N–H and O–H groups in total. The molecule has 0 aliphatic heterocycles. The van der Waals surface area contributed by atoms with Crippen LogP contribution in [0.25, 0.3) is 10.1 Å². The van der Waals surface area contributed by atoms with Crippen molar-refractivity contribution in [3.8, 4) is 0 Å². The molecule has 3 aromatic rings. The molecular formula is C19H18OS. The van der Waals surface area contributed by atoms with Gasteiger partial charge in [0.2, 0.25) is 0 Å². The van der Waals surface area contributed by atoms with Gasteiger partial charge < -0.3 is 0 Å². The Kier molecular flexibility index (Phi) is 3.89. The van der Waals surface area contributed by atoms with Crippen LogP contribution in [0.5, 0.6) is 0 Å². The van der Waals surface area contributed by atoms with Gasteiger partial charge in [0.05, 0.1) is 0 Å². The SMILES string of the molecule is CCc1ccc(CC)c(C(=O)c2csc3ccccc23)c1. The summed E-state index contributed by atoms with van der Waals surface area (Å²) < 4.78 is 1.17. The third-order valence-electron chi connectivity index (χ3n) is 3.93. The third kappa shape index (κ3) is 2.52. The van der Waals surface area contributed by atoms with E-state index in [-0.39, 0.29) is 5.78 Å². The quantitative estimate of drug-likeness (QED) is 0.600. The van der Waals surface area contributed by atoms with Gasteiger partial charge in [0, 0.05) is 26.6 Å². The van der Waals surface area contributed by atoms with Crippen molar-refractivity contribution in [2.45, 2.75) is 26.7 Å². The van der Waals surface area contributed by atoms with E-state index in [4.69, 9.17) is 0 Å². The monoisotopic (exact) mass is 294 g/mol.